The lowest BCUT2D eigenvalue weighted by Crippen LogP contribution is -2.40. The highest BCUT2D eigenvalue weighted by Crippen LogP contribution is 2.21. The fourth-order valence-electron chi connectivity index (χ4n) is 3.10. The van der Waals surface area contributed by atoms with Gasteiger partial charge in [0.05, 0.1) is 11.4 Å². The number of benzene rings is 2. The number of hydrogen-bond acceptors (Lipinski definition) is 3. The maximum absolute atomic E-state index is 12.4. The molecule has 0 saturated carbocycles. The Bertz CT molecular complexity index is 931. The van der Waals surface area contributed by atoms with E-state index in [9.17, 15) is 4.79 Å². The molecule has 0 unspecified atom stereocenters. The Kier molecular flexibility index (Phi) is 6.25. The second-order valence-electron chi connectivity index (χ2n) is 6.79. The van der Waals surface area contributed by atoms with E-state index in [1.54, 1.807) is 18.2 Å². The van der Waals surface area contributed by atoms with Crippen LogP contribution in [0, 0.1) is 0 Å². The van der Waals surface area contributed by atoms with E-state index >= 15 is 0 Å². The van der Waals surface area contributed by atoms with Gasteiger partial charge >= 0.3 is 0 Å². The zero-order chi connectivity index (χ0) is 19.9. The molecule has 4 nitrogen and oxygen atoms in total. The van der Waals surface area contributed by atoms with Gasteiger partial charge in [-0.1, -0.05) is 61.7 Å². The third kappa shape index (κ3) is 4.87. The fourth-order valence-corrected chi connectivity index (χ4v) is 3.10. The maximum atomic E-state index is 12.4. The normalized spacial score (nSPS) is 14.1. The molecule has 3 rings (SSSR count). The van der Waals surface area contributed by atoms with Crippen LogP contribution in [0.1, 0.15) is 15.9 Å². The molecule has 2 aromatic carbocycles. The number of hydrogen-bond donors (Lipinski definition) is 2. The highest BCUT2D eigenvalue weighted by Gasteiger charge is 2.20. The van der Waals surface area contributed by atoms with Crippen LogP contribution in [0.25, 0.3) is 6.08 Å². The van der Waals surface area contributed by atoms with Crippen molar-refractivity contribution in [3.63, 3.8) is 0 Å². The first kappa shape index (κ1) is 19.4. The number of anilines is 2. The van der Waals surface area contributed by atoms with E-state index in [0.29, 0.717) is 16.9 Å². The molecule has 0 radical (unpaired) electrons. The van der Waals surface area contributed by atoms with Crippen LogP contribution in [0.15, 0.2) is 91.1 Å². The minimum atomic E-state index is -0.169. The summed E-state index contributed by atoms with van der Waals surface area (Å²) >= 11 is 0. The first-order valence-electron chi connectivity index (χ1n) is 9.21. The van der Waals surface area contributed by atoms with Gasteiger partial charge in [-0.3, -0.25) is 9.69 Å². The molecule has 0 aliphatic carbocycles. The minimum Gasteiger partial charge on any atom is -0.397 e. The topological polar surface area (TPSA) is 58.4 Å². The molecule has 1 amide bonds. The van der Waals surface area contributed by atoms with Crippen molar-refractivity contribution < 1.29 is 4.79 Å². The van der Waals surface area contributed by atoms with Crippen molar-refractivity contribution in [3.05, 3.63) is 102 Å². The predicted molar refractivity (Wildman–Crippen MR) is 118 cm³/mol. The van der Waals surface area contributed by atoms with Gasteiger partial charge in [-0.15, -0.1) is 0 Å². The zero-order valence-corrected chi connectivity index (χ0v) is 15.9. The molecule has 0 aromatic heterocycles. The molecule has 1 saturated heterocycles. The molecule has 1 aliphatic rings. The molecule has 0 bridgehead atoms. The Morgan fingerprint density at radius 2 is 1.82 bits per heavy atom. The lowest BCUT2D eigenvalue weighted by atomic mass is 10.0. The van der Waals surface area contributed by atoms with Gasteiger partial charge in [0.15, 0.2) is 0 Å². The standard InChI is InChI=1S/C24H25N3O/c1-3-7-18(4-2)15-27-16-20(17-27)14-19-10-12-21(13-11-19)24(28)26-23-9-6-5-8-22(23)25/h3-14H,1-2,15-17,25H2,(H,26,28)/b18-7+. The summed E-state index contributed by atoms with van der Waals surface area (Å²) in [5, 5.41) is 2.84. The van der Waals surface area contributed by atoms with Crippen LogP contribution in [0.2, 0.25) is 0 Å². The number of amides is 1. The van der Waals surface area contributed by atoms with Crippen molar-refractivity contribution in [3.8, 4) is 0 Å². The Labute approximate surface area is 166 Å². The van der Waals surface area contributed by atoms with Gasteiger partial charge in [0.1, 0.15) is 0 Å². The van der Waals surface area contributed by atoms with Crippen LogP contribution >= 0.6 is 0 Å². The van der Waals surface area contributed by atoms with Crippen LogP contribution in [0.3, 0.4) is 0 Å². The predicted octanol–water partition coefficient (Wildman–Crippen LogP) is 4.52. The van der Waals surface area contributed by atoms with Crippen molar-refractivity contribution in [1.82, 2.24) is 4.90 Å². The van der Waals surface area contributed by atoms with Gasteiger partial charge in [0.2, 0.25) is 0 Å². The lowest BCUT2D eigenvalue weighted by Gasteiger charge is -2.34. The van der Waals surface area contributed by atoms with Gasteiger partial charge in [-0.2, -0.15) is 0 Å². The summed E-state index contributed by atoms with van der Waals surface area (Å²) in [5.41, 5.74) is 11.3. The molecular weight excluding hydrogens is 346 g/mol. The van der Waals surface area contributed by atoms with Crippen LogP contribution in [0.4, 0.5) is 11.4 Å². The van der Waals surface area contributed by atoms with Crippen molar-refractivity contribution in [2.45, 2.75) is 0 Å². The van der Waals surface area contributed by atoms with Crippen LogP contribution in [-0.4, -0.2) is 30.4 Å². The number of carbonyl (C=O) groups is 1. The first-order valence-corrected chi connectivity index (χ1v) is 9.21. The second-order valence-corrected chi connectivity index (χ2v) is 6.79. The number of nitrogens with zero attached hydrogens (tertiary/aromatic N) is 1. The summed E-state index contributed by atoms with van der Waals surface area (Å²) in [4.78, 5) is 14.7. The molecular formula is C24H25N3O. The molecule has 1 fully saturated rings. The fraction of sp³-hybridized carbons (Fsp3) is 0.125. The average Bonchev–Trinajstić information content (AvgIpc) is 2.67. The van der Waals surface area contributed by atoms with Crippen molar-refractivity contribution in [1.29, 1.82) is 0 Å². The number of allylic oxidation sites excluding steroid dienone is 2. The van der Waals surface area contributed by atoms with Crippen molar-refractivity contribution >= 4 is 23.4 Å². The molecule has 1 aliphatic heterocycles. The summed E-state index contributed by atoms with van der Waals surface area (Å²) in [6.07, 6.45) is 7.83. The molecule has 142 valence electrons. The van der Waals surface area contributed by atoms with E-state index in [4.69, 9.17) is 5.73 Å². The zero-order valence-electron chi connectivity index (χ0n) is 15.9. The highest BCUT2D eigenvalue weighted by atomic mass is 16.1. The summed E-state index contributed by atoms with van der Waals surface area (Å²) in [7, 11) is 0. The smallest absolute Gasteiger partial charge is 0.255 e. The minimum absolute atomic E-state index is 0.169. The Hall–Kier alpha value is -3.37. The number of nitrogens with two attached hydrogens (primary N) is 1. The third-order valence-electron chi connectivity index (χ3n) is 4.61. The molecule has 2 aromatic rings. The quantitative estimate of drug-likeness (QED) is 0.556. The van der Waals surface area contributed by atoms with Crippen LogP contribution in [0.5, 0.6) is 0 Å². The first-order chi connectivity index (χ1) is 13.6. The number of likely N-dealkylation sites (tertiary alicyclic amines) is 1. The van der Waals surface area contributed by atoms with Gasteiger partial charge in [-0.25, -0.2) is 0 Å². The maximum Gasteiger partial charge on any atom is 0.255 e. The third-order valence-corrected chi connectivity index (χ3v) is 4.61. The number of nitrogen functional groups attached to an aromatic ring is 1. The highest BCUT2D eigenvalue weighted by molar-refractivity contribution is 6.05. The van der Waals surface area contributed by atoms with E-state index in [1.807, 2.05) is 48.6 Å². The second kappa shape index (κ2) is 9.02. The Balaban J connectivity index is 1.56. The summed E-state index contributed by atoms with van der Waals surface area (Å²) in [5.74, 6) is -0.169. The summed E-state index contributed by atoms with van der Waals surface area (Å²) in [6, 6.07) is 14.8. The van der Waals surface area contributed by atoms with E-state index < -0.39 is 0 Å². The van der Waals surface area contributed by atoms with Crippen molar-refractivity contribution in [2.75, 3.05) is 30.7 Å². The van der Waals surface area contributed by atoms with Gasteiger partial charge in [0.25, 0.3) is 5.91 Å². The van der Waals surface area contributed by atoms with Gasteiger partial charge < -0.3 is 11.1 Å². The van der Waals surface area contributed by atoms with Crippen molar-refractivity contribution in [2.24, 2.45) is 0 Å². The Morgan fingerprint density at radius 1 is 1.11 bits per heavy atom. The SMILES string of the molecule is C=C/C=C(\C=C)CN1CC(=Cc2ccc(C(=O)Nc3ccccc3N)cc2)C1. The molecule has 28 heavy (non-hydrogen) atoms. The summed E-state index contributed by atoms with van der Waals surface area (Å²) in [6.45, 7) is 10.3. The average molecular weight is 371 g/mol. The van der Waals surface area contributed by atoms with Gasteiger partial charge in [-0.05, 0) is 41.0 Å². The van der Waals surface area contributed by atoms with E-state index in [-0.39, 0.29) is 5.91 Å². The molecule has 0 spiro atoms. The molecule has 1 heterocycles. The van der Waals surface area contributed by atoms with E-state index in [0.717, 1.165) is 25.2 Å². The monoisotopic (exact) mass is 371 g/mol. The number of carbonyl (C=O) groups excluding carboxylic acids is 1. The molecule has 3 N–H and O–H groups in total. The van der Waals surface area contributed by atoms with Crippen LogP contribution < -0.4 is 11.1 Å². The largest absolute Gasteiger partial charge is 0.397 e. The van der Waals surface area contributed by atoms with E-state index in [2.05, 4.69) is 29.5 Å². The van der Waals surface area contributed by atoms with Gasteiger partial charge in [0, 0.05) is 25.2 Å². The van der Waals surface area contributed by atoms with E-state index in [1.165, 1.54) is 11.1 Å². The lowest BCUT2D eigenvalue weighted by molar-refractivity contribution is 0.102. The number of nitrogens with one attached hydrogen (secondary N) is 1. The number of rotatable bonds is 7. The Morgan fingerprint density at radius 3 is 2.46 bits per heavy atom. The molecule has 0 atom stereocenters. The van der Waals surface area contributed by atoms with Crippen LogP contribution in [-0.2, 0) is 0 Å². The summed E-state index contributed by atoms with van der Waals surface area (Å²) < 4.78 is 0. The molecule has 4 heteroatoms. The number of para-hydroxylation sites is 2.